The molecule has 114 valence electrons. The molecule has 1 N–H and O–H groups in total. The summed E-state index contributed by atoms with van der Waals surface area (Å²) in [6, 6.07) is 9.53. The number of piperidine rings is 1. The third kappa shape index (κ3) is 3.61. The van der Waals surface area contributed by atoms with Gasteiger partial charge in [-0.15, -0.1) is 0 Å². The molecule has 2 atom stereocenters. The lowest BCUT2D eigenvalue weighted by atomic mass is 9.84. The van der Waals surface area contributed by atoms with Crippen molar-refractivity contribution in [3.05, 3.63) is 35.9 Å². The predicted octanol–water partition coefficient (Wildman–Crippen LogP) is 1.36. The maximum Gasteiger partial charge on any atom is 0.225 e. The molecule has 5 nitrogen and oxygen atoms in total. The summed E-state index contributed by atoms with van der Waals surface area (Å²) < 4.78 is 4.95. The number of ether oxygens (including phenoxy) is 1. The molecule has 0 bridgehead atoms. The van der Waals surface area contributed by atoms with E-state index >= 15 is 0 Å². The lowest BCUT2D eigenvalue weighted by Crippen LogP contribution is -2.46. The third-order valence-corrected chi connectivity index (χ3v) is 3.94. The average molecular weight is 290 g/mol. The number of amides is 2. The number of nitrogens with zero attached hydrogens (tertiary/aromatic N) is 1. The minimum absolute atomic E-state index is 0.0137. The standard InChI is InChI=1S/C16H22N2O3/c1-18-14(19)9-8-13(16(20)17-10-11-21-2)15(18)12-6-4-3-5-7-12/h3-7,13,15H,8-11H2,1-2H3,(H,17,20)/t13-,15+/m0/s1. The van der Waals surface area contributed by atoms with E-state index in [4.69, 9.17) is 4.74 Å². The fourth-order valence-corrected chi connectivity index (χ4v) is 2.83. The monoisotopic (exact) mass is 290 g/mol. The van der Waals surface area contributed by atoms with Gasteiger partial charge in [-0.1, -0.05) is 30.3 Å². The molecule has 1 aromatic rings. The van der Waals surface area contributed by atoms with Gasteiger partial charge in [0, 0.05) is 27.1 Å². The van der Waals surface area contributed by atoms with Gasteiger partial charge >= 0.3 is 0 Å². The molecule has 5 heteroatoms. The number of benzene rings is 1. The van der Waals surface area contributed by atoms with Crippen molar-refractivity contribution in [3.8, 4) is 0 Å². The molecule has 1 aliphatic rings. The first-order chi connectivity index (χ1) is 10.1. The Kier molecular flexibility index (Phi) is 5.33. The summed E-state index contributed by atoms with van der Waals surface area (Å²) >= 11 is 0. The molecule has 2 amide bonds. The Balaban J connectivity index is 2.17. The molecular formula is C16H22N2O3. The summed E-state index contributed by atoms with van der Waals surface area (Å²) in [6.07, 6.45) is 1.00. The highest BCUT2D eigenvalue weighted by molar-refractivity contribution is 5.84. The van der Waals surface area contributed by atoms with Crippen LogP contribution in [0.5, 0.6) is 0 Å². The maximum atomic E-state index is 12.4. The van der Waals surface area contributed by atoms with Crippen molar-refractivity contribution in [2.45, 2.75) is 18.9 Å². The summed E-state index contributed by atoms with van der Waals surface area (Å²) in [5, 5.41) is 2.89. The van der Waals surface area contributed by atoms with Crippen LogP contribution in [0.4, 0.5) is 0 Å². The maximum absolute atomic E-state index is 12.4. The zero-order valence-corrected chi connectivity index (χ0v) is 12.5. The first kappa shape index (κ1) is 15.5. The van der Waals surface area contributed by atoms with Gasteiger partial charge in [0.2, 0.25) is 11.8 Å². The molecule has 0 spiro atoms. The van der Waals surface area contributed by atoms with Crippen LogP contribution in [0, 0.1) is 5.92 Å². The molecule has 0 saturated carbocycles. The molecule has 0 radical (unpaired) electrons. The van der Waals surface area contributed by atoms with Gasteiger partial charge in [-0.05, 0) is 12.0 Å². The highest BCUT2D eigenvalue weighted by Crippen LogP contribution is 2.35. The van der Waals surface area contributed by atoms with Gasteiger partial charge in [-0.25, -0.2) is 0 Å². The summed E-state index contributed by atoms with van der Waals surface area (Å²) in [7, 11) is 3.38. The van der Waals surface area contributed by atoms with E-state index in [-0.39, 0.29) is 23.8 Å². The second-order valence-corrected chi connectivity index (χ2v) is 5.29. The molecule has 0 aliphatic carbocycles. The van der Waals surface area contributed by atoms with Crippen LogP contribution in [0.15, 0.2) is 30.3 Å². The zero-order valence-electron chi connectivity index (χ0n) is 12.5. The van der Waals surface area contributed by atoms with E-state index in [1.807, 2.05) is 30.3 Å². The van der Waals surface area contributed by atoms with Crippen molar-refractivity contribution in [1.82, 2.24) is 10.2 Å². The first-order valence-electron chi connectivity index (χ1n) is 7.22. The minimum Gasteiger partial charge on any atom is -0.383 e. The van der Waals surface area contributed by atoms with Gasteiger partial charge in [0.15, 0.2) is 0 Å². The van der Waals surface area contributed by atoms with E-state index in [0.717, 1.165) is 5.56 Å². The van der Waals surface area contributed by atoms with Crippen molar-refractivity contribution < 1.29 is 14.3 Å². The molecular weight excluding hydrogens is 268 g/mol. The highest BCUT2D eigenvalue weighted by atomic mass is 16.5. The lowest BCUT2D eigenvalue weighted by molar-refractivity contribution is -0.141. The fourth-order valence-electron chi connectivity index (χ4n) is 2.83. The van der Waals surface area contributed by atoms with Gasteiger partial charge in [0.1, 0.15) is 0 Å². The Morgan fingerprint density at radius 3 is 2.76 bits per heavy atom. The summed E-state index contributed by atoms with van der Waals surface area (Å²) in [5.41, 5.74) is 1.000. The molecule has 2 rings (SSSR count). The average Bonchev–Trinajstić information content (AvgIpc) is 2.50. The van der Waals surface area contributed by atoms with Crippen LogP contribution in [0.2, 0.25) is 0 Å². The minimum atomic E-state index is -0.216. The summed E-state index contributed by atoms with van der Waals surface area (Å²) in [5.74, 6) is -0.142. The summed E-state index contributed by atoms with van der Waals surface area (Å²) in [4.78, 5) is 26.1. The van der Waals surface area contributed by atoms with Gasteiger partial charge in [0.25, 0.3) is 0 Å². The van der Waals surface area contributed by atoms with Crippen molar-refractivity contribution in [2.75, 3.05) is 27.3 Å². The summed E-state index contributed by atoms with van der Waals surface area (Å²) in [6.45, 7) is 0.980. The number of rotatable bonds is 5. The normalized spacial score (nSPS) is 22.2. The van der Waals surface area contributed by atoms with E-state index in [9.17, 15) is 9.59 Å². The van der Waals surface area contributed by atoms with E-state index in [1.165, 1.54) is 0 Å². The Morgan fingerprint density at radius 1 is 1.38 bits per heavy atom. The Bertz CT molecular complexity index is 490. The van der Waals surface area contributed by atoms with E-state index in [2.05, 4.69) is 5.32 Å². The number of carbonyl (C=O) groups excluding carboxylic acids is 2. The van der Waals surface area contributed by atoms with Crippen LogP contribution >= 0.6 is 0 Å². The molecule has 1 aliphatic heterocycles. The third-order valence-electron chi connectivity index (χ3n) is 3.94. The number of nitrogens with one attached hydrogen (secondary N) is 1. The molecule has 0 unspecified atom stereocenters. The number of likely N-dealkylation sites (tertiary alicyclic amines) is 1. The second-order valence-electron chi connectivity index (χ2n) is 5.29. The Labute approximate surface area is 125 Å². The predicted molar refractivity (Wildman–Crippen MR) is 79.6 cm³/mol. The van der Waals surface area contributed by atoms with E-state index in [1.54, 1.807) is 19.1 Å². The number of hydrogen-bond donors (Lipinski definition) is 1. The Morgan fingerprint density at radius 2 is 2.10 bits per heavy atom. The van der Waals surface area contributed by atoms with Crippen LogP contribution < -0.4 is 5.32 Å². The second kappa shape index (κ2) is 7.22. The number of methoxy groups -OCH3 is 1. The topological polar surface area (TPSA) is 58.6 Å². The lowest BCUT2D eigenvalue weighted by Gasteiger charge is -2.38. The fraction of sp³-hybridized carbons (Fsp3) is 0.500. The zero-order chi connectivity index (χ0) is 15.2. The SMILES string of the molecule is COCCNC(=O)[C@H]1CCC(=O)N(C)[C@@H]1c1ccccc1. The molecule has 1 heterocycles. The van der Waals surface area contributed by atoms with E-state index < -0.39 is 0 Å². The molecule has 1 fully saturated rings. The van der Waals surface area contributed by atoms with Gasteiger partial charge in [0.05, 0.1) is 18.6 Å². The molecule has 1 saturated heterocycles. The number of hydrogen-bond acceptors (Lipinski definition) is 3. The smallest absolute Gasteiger partial charge is 0.225 e. The van der Waals surface area contributed by atoms with Crippen molar-refractivity contribution in [3.63, 3.8) is 0 Å². The van der Waals surface area contributed by atoms with Gasteiger partial charge in [-0.3, -0.25) is 9.59 Å². The quantitative estimate of drug-likeness (QED) is 0.833. The van der Waals surface area contributed by atoms with E-state index in [0.29, 0.717) is 26.0 Å². The van der Waals surface area contributed by atoms with Crippen LogP contribution in [-0.2, 0) is 14.3 Å². The van der Waals surface area contributed by atoms with Crippen LogP contribution in [0.25, 0.3) is 0 Å². The van der Waals surface area contributed by atoms with Crippen LogP contribution in [0.3, 0.4) is 0 Å². The molecule has 0 aromatic heterocycles. The van der Waals surface area contributed by atoms with Crippen LogP contribution in [-0.4, -0.2) is 44.0 Å². The molecule has 21 heavy (non-hydrogen) atoms. The van der Waals surface area contributed by atoms with Crippen molar-refractivity contribution >= 4 is 11.8 Å². The highest BCUT2D eigenvalue weighted by Gasteiger charge is 2.38. The van der Waals surface area contributed by atoms with Gasteiger partial charge in [-0.2, -0.15) is 0 Å². The first-order valence-corrected chi connectivity index (χ1v) is 7.22. The number of carbonyl (C=O) groups is 2. The van der Waals surface area contributed by atoms with Crippen LogP contribution in [0.1, 0.15) is 24.4 Å². The molecule has 1 aromatic carbocycles. The Hall–Kier alpha value is -1.88. The largest absolute Gasteiger partial charge is 0.383 e. The van der Waals surface area contributed by atoms with Crippen molar-refractivity contribution in [1.29, 1.82) is 0 Å². The van der Waals surface area contributed by atoms with Gasteiger partial charge < -0.3 is 15.0 Å². The van der Waals surface area contributed by atoms with Crippen molar-refractivity contribution in [2.24, 2.45) is 5.92 Å².